The Hall–Kier alpha value is -3.51. The van der Waals surface area contributed by atoms with Crippen LogP contribution in [0.5, 0.6) is 0 Å². The van der Waals surface area contributed by atoms with Gasteiger partial charge in [0.1, 0.15) is 5.82 Å². The molecule has 0 aromatic heterocycles. The molecule has 0 fully saturated rings. The van der Waals surface area contributed by atoms with Crippen LogP contribution in [0.3, 0.4) is 0 Å². The smallest absolute Gasteiger partial charge is 0.339 e. The minimum absolute atomic E-state index is 0.137. The average molecular weight is 379 g/mol. The Kier molecular flexibility index (Phi) is 6.14. The lowest BCUT2D eigenvalue weighted by Gasteiger charge is -2.18. The fraction of sp³-hybridized carbons (Fsp3) is 0.0909. The van der Waals surface area contributed by atoms with Crippen LogP contribution in [0.2, 0.25) is 0 Å². The Morgan fingerprint density at radius 3 is 2.18 bits per heavy atom. The Morgan fingerprint density at radius 2 is 1.57 bits per heavy atom. The lowest BCUT2D eigenvalue weighted by atomic mass is 10.1. The van der Waals surface area contributed by atoms with Crippen molar-refractivity contribution in [2.75, 3.05) is 5.32 Å². The molecule has 0 saturated carbocycles. The number of rotatable bonds is 6. The molecule has 0 aliphatic heterocycles. The van der Waals surface area contributed by atoms with Crippen molar-refractivity contribution in [2.24, 2.45) is 0 Å². The standard InChI is InChI=1S/C22H18FNO4/c23-18-10-12-19(13-11-18)24-21(26)20(16-4-2-1-3-5-16)28-22(27)17-8-6-15(14-25)7-9-17/h1-13,20,25H,14H2,(H,24,26)/t20-/m0/s1. The quantitative estimate of drug-likeness (QED) is 0.638. The highest BCUT2D eigenvalue weighted by molar-refractivity contribution is 5.98. The summed E-state index contributed by atoms with van der Waals surface area (Å²) >= 11 is 0. The van der Waals surface area contributed by atoms with Gasteiger partial charge in [-0.2, -0.15) is 0 Å². The van der Waals surface area contributed by atoms with E-state index in [1.807, 2.05) is 0 Å². The van der Waals surface area contributed by atoms with E-state index in [0.29, 0.717) is 16.8 Å². The van der Waals surface area contributed by atoms with Crippen LogP contribution >= 0.6 is 0 Å². The molecule has 0 bridgehead atoms. The molecule has 0 heterocycles. The third kappa shape index (κ3) is 4.81. The number of aliphatic hydroxyl groups excluding tert-OH is 1. The van der Waals surface area contributed by atoms with Gasteiger partial charge < -0.3 is 15.2 Å². The van der Waals surface area contributed by atoms with Crippen molar-refractivity contribution in [3.8, 4) is 0 Å². The average Bonchev–Trinajstić information content (AvgIpc) is 2.74. The highest BCUT2D eigenvalue weighted by Crippen LogP contribution is 2.22. The van der Waals surface area contributed by atoms with E-state index in [4.69, 9.17) is 9.84 Å². The second-order valence-corrected chi connectivity index (χ2v) is 6.05. The Balaban J connectivity index is 1.81. The SMILES string of the molecule is O=C(O[C@H](C(=O)Nc1ccc(F)cc1)c1ccccc1)c1ccc(CO)cc1. The van der Waals surface area contributed by atoms with E-state index in [0.717, 1.165) is 0 Å². The second-order valence-electron chi connectivity index (χ2n) is 6.05. The molecule has 0 spiro atoms. The number of hydrogen-bond donors (Lipinski definition) is 2. The van der Waals surface area contributed by atoms with Gasteiger partial charge in [0.2, 0.25) is 6.10 Å². The molecule has 2 N–H and O–H groups in total. The van der Waals surface area contributed by atoms with Gasteiger partial charge in [0.15, 0.2) is 0 Å². The maximum Gasteiger partial charge on any atom is 0.339 e. The van der Waals surface area contributed by atoms with Gasteiger partial charge in [0.05, 0.1) is 12.2 Å². The molecule has 3 aromatic rings. The third-order valence-electron chi connectivity index (χ3n) is 4.05. The van der Waals surface area contributed by atoms with Gasteiger partial charge in [-0.3, -0.25) is 4.79 Å². The number of ether oxygens (including phenoxy) is 1. The summed E-state index contributed by atoms with van der Waals surface area (Å²) in [7, 11) is 0. The van der Waals surface area contributed by atoms with Gasteiger partial charge in [-0.25, -0.2) is 9.18 Å². The molecule has 0 unspecified atom stereocenters. The summed E-state index contributed by atoms with van der Waals surface area (Å²) < 4.78 is 18.5. The zero-order chi connectivity index (χ0) is 19.9. The zero-order valence-corrected chi connectivity index (χ0v) is 14.8. The second kappa shape index (κ2) is 8.92. The number of carbonyl (C=O) groups excluding carboxylic acids is 2. The molecule has 0 radical (unpaired) electrons. The normalized spacial score (nSPS) is 11.5. The van der Waals surface area contributed by atoms with Gasteiger partial charge >= 0.3 is 5.97 Å². The number of hydrogen-bond acceptors (Lipinski definition) is 4. The van der Waals surface area contributed by atoms with Crippen molar-refractivity contribution in [1.82, 2.24) is 0 Å². The molecule has 5 nitrogen and oxygen atoms in total. The van der Waals surface area contributed by atoms with Crippen LogP contribution in [0, 0.1) is 5.82 Å². The summed E-state index contributed by atoms with van der Waals surface area (Å²) in [4.78, 5) is 25.3. The molecule has 6 heteroatoms. The van der Waals surface area contributed by atoms with Gasteiger partial charge in [0, 0.05) is 11.3 Å². The summed E-state index contributed by atoms with van der Waals surface area (Å²) in [5.74, 6) is -1.65. The van der Waals surface area contributed by atoms with Crippen molar-refractivity contribution in [1.29, 1.82) is 0 Å². The van der Waals surface area contributed by atoms with E-state index in [1.54, 1.807) is 42.5 Å². The van der Waals surface area contributed by atoms with Crippen molar-refractivity contribution >= 4 is 17.6 Å². The van der Waals surface area contributed by atoms with Gasteiger partial charge in [-0.15, -0.1) is 0 Å². The number of nitrogens with one attached hydrogen (secondary N) is 1. The molecule has 1 atom stereocenters. The number of carbonyl (C=O) groups is 2. The molecule has 0 aliphatic carbocycles. The molecular weight excluding hydrogens is 361 g/mol. The number of anilines is 1. The van der Waals surface area contributed by atoms with E-state index >= 15 is 0 Å². The highest BCUT2D eigenvalue weighted by Gasteiger charge is 2.25. The van der Waals surface area contributed by atoms with Gasteiger partial charge in [-0.1, -0.05) is 42.5 Å². The van der Waals surface area contributed by atoms with Gasteiger partial charge in [-0.05, 0) is 42.0 Å². The lowest BCUT2D eigenvalue weighted by molar-refractivity contribution is -0.125. The molecule has 28 heavy (non-hydrogen) atoms. The largest absolute Gasteiger partial charge is 0.444 e. The molecule has 3 rings (SSSR count). The van der Waals surface area contributed by atoms with E-state index < -0.39 is 23.8 Å². The molecular formula is C22H18FNO4. The minimum Gasteiger partial charge on any atom is -0.444 e. The van der Waals surface area contributed by atoms with E-state index in [1.165, 1.54) is 36.4 Å². The predicted molar refractivity (Wildman–Crippen MR) is 102 cm³/mol. The first-order valence-electron chi connectivity index (χ1n) is 8.59. The van der Waals surface area contributed by atoms with Crippen molar-refractivity contribution < 1.29 is 23.8 Å². The lowest BCUT2D eigenvalue weighted by Crippen LogP contribution is -2.26. The maximum absolute atomic E-state index is 13.1. The summed E-state index contributed by atoms with van der Waals surface area (Å²) in [6.45, 7) is -0.137. The first kappa shape index (κ1) is 19.3. The Morgan fingerprint density at radius 1 is 0.929 bits per heavy atom. The third-order valence-corrected chi connectivity index (χ3v) is 4.05. The van der Waals surface area contributed by atoms with Crippen molar-refractivity contribution in [2.45, 2.75) is 12.7 Å². The molecule has 142 valence electrons. The molecule has 0 aliphatic rings. The number of benzene rings is 3. The van der Waals surface area contributed by atoms with Crippen molar-refractivity contribution in [3.63, 3.8) is 0 Å². The topological polar surface area (TPSA) is 75.6 Å². The Labute approximate surface area is 161 Å². The maximum atomic E-state index is 13.1. The number of esters is 1. The number of halogens is 1. The molecule has 0 saturated heterocycles. The molecule has 1 amide bonds. The van der Waals surface area contributed by atoms with Crippen LogP contribution in [-0.2, 0) is 16.1 Å². The van der Waals surface area contributed by atoms with Crippen molar-refractivity contribution in [3.05, 3.63) is 101 Å². The summed E-state index contributed by atoms with van der Waals surface area (Å²) in [5, 5.41) is 11.7. The predicted octanol–water partition coefficient (Wildman–Crippen LogP) is 3.85. The fourth-order valence-electron chi connectivity index (χ4n) is 2.56. The zero-order valence-electron chi connectivity index (χ0n) is 14.8. The van der Waals surface area contributed by atoms with Crippen LogP contribution in [0.25, 0.3) is 0 Å². The summed E-state index contributed by atoms with van der Waals surface area (Å²) in [5.41, 5.74) is 1.80. The first-order valence-corrected chi connectivity index (χ1v) is 8.59. The van der Waals surface area contributed by atoms with Crippen LogP contribution < -0.4 is 5.32 Å². The fourth-order valence-corrected chi connectivity index (χ4v) is 2.56. The number of amides is 1. The summed E-state index contributed by atoms with van der Waals surface area (Å²) in [6, 6.07) is 20.1. The van der Waals surface area contributed by atoms with Crippen LogP contribution in [0.15, 0.2) is 78.9 Å². The summed E-state index contributed by atoms with van der Waals surface area (Å²) in [6.07, 6.45) is -1.18. The van der Waals surface area contributed by atoms with E-state index in [9.17, 15) is 14.0 Å². The Bertz CT molecular complexity index is 941. The van der Waals surface area contributed by atoms with E-state index in [-0.39, 0.29) is 12.2 Å². The minimum atomic E-state index is -1.18. The monoisotopic (exact) mass is 379 g/mol. The van der Waals surface area contributed by atoms with Crippen LogP contribution in [0.4, 0.5) is 10.1 Å². The first-order chi connectivity index (χ1) is 13.6. The highest BCUT2D eigenvalue weighted by atomic mass is 19.1. The number of aliphatic hydroxyl groups is 1. The molecule has 3 aromatic carbocycles. The van der Waals surface area contributed by atoms with E-state index in [2.05, 4.69) is 5.32 Å². The van der Waals surface area contributed by atoms with Crippen LogP contribution in [0.1, 0.15) is 27.6 Å². The van der Waals surface area contributed by atoms with Crippen LogP contribution in [-0.4, -0.2) is 17.0 Å². The van der Waals surface area contributed by atoms with Gasteiger partial charge in [0.25, 0.3) is 5.91 Å².